The van der Waals surface area contributed by atoms with E-state index in [-0.39, 0.29) is 5.41 Å². The average Bonchev–Trinajstić information content (AvgIpc) is 2.90. The Balaban J connectivity index is 1.94. The van der Waals surface area contributed by atoms with Gasteiger partial charge in [-0.15, -0.1) is 0 Å². The number of carbonyl (C=O) groups excluding carboxylic acids is 2. The summed E-state index contributed by atoms with van der Waals surface area (Å²) in [5.41, 5.74) is 6.24. The Morgan fingerprint density at radius 1 is 1.12 bits per heavy atom. The van der Waals surface area contributed by atoms with Crippen LogP contribution in [0.4, 0.5) is 0 Å². The van der Waals surface area contributed by atoms with Gasteiger partial charge in [0.15, 0.2) is 6.10 Å². The zero-order valence-corrected chi connectivity index (χ0v) is 16.1. The molecule has 0 aliphatic rings. The molecule has 2 aromatic rings. The summed E-state index contributed by atoms with van der Waals surface area (Å²) in [6.07, 6.45) is -0.766. The van der Waals surface area contributed by atoms with Crippen LogP contribution >= 0.6 is 0 Å². The van der Waals surface area contributed by atoms with Crippen LogP contribution in [0.25, 0.3) is 0 Å². The van der Waals surface area contributed by atoms with Crippen LogP contribution in [0.5, 0.6) is 5.75 Å². The molecule has 140 valence electrons. The van der Waals surface area contributed by atoms with E-state index in [0.717, 1.165) is 5.56 Å². The maximum atomic E-state index is 12.2. The van der Waals surface area contributed by atoms with Crippen LogP contribution in [-0.4, -0.2) is 17.9 Å². The summed E-state index contributed by atoms with van der Waals surface area (Å²) in [5, 5.41) is 0. The van der Waals surface area contributed by atoms with Crippen LogP contribution in [0.15, 0.2) is 34.7 Å². The maximum absolute atomic E-state index is 12.2. The molecule has 0 spiro atoms. The Labute approximate surface area is 153 Å². The van der Waals surface area contributed by atoms with E-state index in [1.807, 2.05) is 18.2 Å². The molecule has 26 heavy (non-hydrogen) atoms. The van der Waals surface area contributed by atoms with E-state index in [4.69, 9.17) is 9.15 Å². The third-order valence-corrected chi connectivity index (χ3v) is 3.97. The van der Waals surface area contributed by atoms with Gasteiger partial charge in [0.05, 0.1) is 5.56 Å². The van der Waals surface area contributed by atoms with E-state index < -0.39 is 17.9 Å². The molecule has 0 fully saturated rings. The highest BCUT2D eigenvalue weighted by molar-refractivity contribution is 5.96. The van der Waals surface area contributed by atoms with Crippen molar-refractivity contribution in [2.45, 2.75) is 53.1 Å². The Morgan fingerprint density at radius 3 is 2.38 bits per heavy atom. The van der Waals surface area contributed by atoms with Crippen molar-refractivity contribution >= 4 is 11.8 Å². The smallest absolute Gasteiger partial charge is 0.279 e. The fraction of sp³-hybridized carbons (Fsp3) is 0.400. The average molecular weight is 358 g/mol. The number of rotatable bonds is 4. The second-order valence-electron chi connectivity index (χ2n) is 7.31. The number of nitrogens with one attached hydrogen (secondary N) is 2. The molecule has 1 aromatic heterocycles. The number of furan rings is 1. The van der Waals surface area contributed by atoms with Crippen LogP contribution < -0.4 is 15.6 Å². The van der Waals surface area contributed by atoms with Gasteiger partial charge < -0.3 is 9.15 Å². The number of hydrazine groups is 1. The lowest BCUT2D eigenvalue weighted by Gasteiger charge is -2.21. The van der Waals surface area contributed by atoms with Gasteiger partial charge in [-0.3, -0.25) is 20.4 Å². The molecular formula is C20H26N2O4. The highest BCUT2D eigenvalue weighted by Crippen LogP contribution is 2.26. The molecule has 2 rings (SSSR count). The van der Waals surface area contributed by atoms with Crippen molar-refractivity contribution in [3.8, 4) is 5.75 Å². The fourth-order valence-electron chi connectivity index (χ4n) is 2.44. The van der Waals surface area contributed by atoms with Gasteiger partial charge in [0.2, 0.25) is 0 Å². The third kappa shape index (κ3) is 4.88. The number of aryl methyl sites for hydroxylation is 2. The van der Waals surface area contributed by atoms with Gasteiger partial charge in [-0.1, -0.05) is 32.9 Å². The predicted molar refractivity (Wildman–Crippen MR) is 99.0 cm³/mol. The van der Waals surface area contributed by atoms with Gasteiger partial charge >= 0.3 is 0 Å². The molecule has 0 aliphatic heterocycles. The van der Waals surface area contributed by atoms with Crippen LogP contribution in [0, 0.1) is 13.8 Å². The number of amides is 2. The second kappa shape index (κ2) is 7.64. The summed E-state index contributed by atoms with van der Waals surface area (Å²) in [7, 11) is 0. The Hall–Kier alpha value is -2.76. The van der Waals surface area contributed by atoms with Crippen LogP contribution in [0.2, 0.25) is 0 Å². The highest BCUT2D eigenvalue weighted by Gasteiger charge is 2.19. The quantitative estimate of drug-likeness (QED) is 0.821. The van der Waals surface area contributed by atoms with Crippen molar-refractivity contribution in [1.82, 2.24) is 10.9 Å². The molecule has 0 radical (unpaired) electrons. The third-order valence-electron chi connectivity index (χ3n) is 3.97. The summed E-state index contributed by atoms with van der Waals surface area (Å²) < 4.78 is 11.0. The van der Waals surface area contributed by atoms with Gasteiger partial charge in [0.1, 0.15) is 17.3 Å². The minimum absolute atomic E-state index is 0.0145. The highest BCUT2D eigenvalue weighted by atomic mass is 16.5. The Kier molecular flexibility index (Phi) is 5.75. The maximum Gasteiger partial charge on any atom is 0.279 e. The molecule has 2 amide bonds. The van der Waals surface area contributed by atoms with Crippen molar-refractivity contribution in [1.29, 1.82) is 0 Å². The van der Waals surface area contributed by atoms with Crippen molar-refractivity contribution in [3.63, 3.8) is 0 Å². The lowest BCUT2D eigenvalue weighted by molar-refractivity contribution is -0.128. The van der Waals surface area contributed by atoms with Gasteiger partial charge in [-0.2, -0.15) is 0 Å². The Bertz CT molecular complexity index is 802. The molecule has 0 unspecified atom stereocenters. The Morgan fingerprint density at radius 2 is 1.81 bits per heavy atom. The fourth-order valence-corrected chi connectivity index (χ4v) is 2.44. The first-order chi connectivity index (χ1) is 12.1. The lowest BCUT2D eigenvalue weighted by atomic mass is 9.87. The SMILES string of the molecule is Cc1cc(C(=O)NNC(=O)[C@@H](C)Oc2cccc(C(C)(C)C)c2)c(C)o1. The normalized spacial score (nSPS) is 12.4. The zero-order valence-electron chi connectivity index (χ0n) is 16.1. The first-order valence-corrected chi connectivity index (χ1v) is 8.52. The molecular weight excluding hydrogens is 332 g/mol. The minimum atomic E-state index is -0.766. The predicted octanol–water partition coefficient (Wildman–Crippen LogP) is 3.42. The molecule has 2 N–H and O–H groups in total. The molecule has 0 saturated heterocycles. The summed E-state index contributed by atoms with van der Waals surface area (Å²) in [6.45, 7) is 11.4. The summed E-state index contributed by atoms with van der Waals surface area (Å²) in [4.78, 5) is 24.3. The molecule has 0 aliphatic carbocycles. The first kappa shape index (κ1) is 19.6. The van der Waals surface area contributed by atoms with Gasteiger partial charge in [-0.25, -0.2) is 0 Å². The number of ether oxygens (including phenoxy) is 1. The largest absolute Gasteiger partial charge is 0.481 e. The second-order valence-corrected chi connectivity index (χ2v) is 7.31. The van der Waals surface area contributed by atoms with E-state index in [2.05, 4.69) is 31.6 Å². The summed E-state index contributed by atoms with van der Waals surface area (Å²) in [5.74, 6) is 0.853. The van der Waals surface area contributed by atoms with Crippen molar-refractivity contribution in [3.05, 3.63) is 53.0 Å². The van der Waals surface area contributed by atoms with Gasteiger partial charge in [-0.05, 0) is 49.9 Å². The molecule has 0 bridgehead atoms. The monoisotopic (exact) mass is 358 g/mol. The standard InChI is InChI=1S/C20H26N2O4/c1-12-10-17(13(2)25-12)19(24)22-21-18(23)14(3)26-16-9-7-8-15(11-16)20(4,5)6/h7-11,14H,1-6H3,(H,21,23)(H,22,24)/t14-/m1/s1. The van der Waals surface area contributed by atoms with Crippen LogP contribution in [0.3, 0.4) is 0 Å². The molecule has 1 atom stereocenters. The van der Waals surface area contributed by atoms with Crippen molar-refractivity contribution < 1.29 is 18.7 Å². The van der Waals surface area contributed by atoms with Crippen molar-refractivity contribution in [2.24, 2.45) is 0 Å². The summed E-state index contributed by atoms with van der Waals surface area (Å²) in [6, 6.07) is 9.25. The number of benzene rings is 1. The molecule has 0 saturated carbocycles. The van der Waals surface area contributed by atoms with E-state index in [9.17, 15) is 9.59 Å². The number of hydrogen-bond donors (Lipinski definition) is 2. The first-order valence-electron chi connectivity index (χ1n) is 8.52. The molecule has 6 nitrogen and oxygen atoms in total. The van der Waals surface area contributed by atoms with Gasteiger partial charge in [0.25, 0.3) is 11.8 Å². The summed E-state index contributed by atoms with van der Waals surface area (Å²) >= 11 is 0. The molecule has 1 heterocycles. The minimum Gasteiger partial charge on any atom is -0.481 e. The van der Waals surface area contributed by atoms with Crippen molar-refractivity contribution in [2.75, 3.05) is 0 Å². The topological polar surface area (TPSA) is 80.6 Å². The number of hydrogen-bond acceptors (Lipinski definition) is 4. The van der Waals surface area contributed by atoms with E-state index in [0.29, 0.717) is 22.8 Å². The van der Waals surface area contributed by atoms with E-state index in [1.54, 1.807) is 32.9 Å². The van der Waals surface area contributed by atoms with Crippen LogP contribution in [-0.2, 0) is 10.2 Å². The number of carbonyl (C=O) groups is 2. The van der Waals surface area contributed by atoms with Gasteiger partial charge in [0, 0.05) is 0 Å². The zero-order chi connectivity index (χ0) is 19.5. The van der Waals surface area contributed by atoms with E-state index in [1.165, 1.54) is 0 Å². The molecule has 6 heteroatoms. The van der Waals surface area contributed by atoms with E-state index >= 15 is 0 Å². The molecule has 1 aromatic carbocycles. The van der Waals surface area contributed by atoms with Crippen LogP contribution in [0.1, 0.15) is 55.1 Å². The lowest BCUT2D eigenvalue weighted by Crippen LogP contribution is -2.47.